The van der Waals surface area contributed by atoms with Crippen molar-refractivity contribution in [3.05, 3.63) is 215 Å². The van der Waals surface area contributed by atoms with Gasteiger partial charge in [0.1, 0.15) is 42.8 Å². The van der Waals surface area contributed by atoms with E-state index in [-0.39, 0.29) is 31.0 Å². The van der Waals surface area contributed by atoms with E-state index in [1.807, 2.05) is 35.7 Å². The smallest absolute Gasteiger partial charge is 0.232 e. The second-order valence-corrected chi connectivity index (χ2v) is 25.9. The Hall–Kier alpha value is -11.3. The van der Waals surface area contributed by atoms with Crippen molar-refractivity contribution < 1.29 is 33.9 Å². The molecule has 0 spiro atoms. The van der Waals surface area contributed by atoms with Crippen LogP contribution >= 0.6 is 15.9 Å². The van der Waals surface area contributed by atoms with E-state index in [1.54, 1.807) is 91.4 Å². The summed E-state index contributed by atoms with van der Waals surface area (Å²) < 4.78 is 34.7. The monoisotopic (exact) mass is 1510 g/mol. The van der Waals surface area contributed by atoms with Crippen molar-refractivity contribution in [2.75, 3.05) is 157 Å². The molecular formula is C71H78BrF2N27O5. The third-order valence-corrected chi connectivity index (χ3v) is 18.0. The summed E-state index contributed by atoms with van der Waals surface area (Å²) in [6, 6.07) is 27.0. The Bertz CT molecular complexity index is 4320. The number of piperazine rings is 3. The van der Waals surface area contributed by atoms with Gasteiger partial charge in [0.25, 0.3) is 0 Å². The molecule has 4 aliphatic rings. The Kier molecular flexibility index (Phi) is 24.7. The quantitative estimate of drug-likeness (QED) is 0.0406. The van der Waals surface area contributed by atoms with Crippen molar-refractivity contribution in [2.45, 2.75) is 37.7 Å². The Morgan fingerprint density at radius 3 is 1.15 bits per heavy atom. The molecule has 0 radical (unpaired) electrons. The Balaban J connectivity index is 0.000000141. The molecule has 11 aromatic rings. The van der Waals surface area contributed by atoms with E-state index in [2.05, 4.69) is 146 Å². The number of morpholine rings is 1. The number of ether oxygens (including phenoxy) is 1. The van der Waals surface area contributed by atoms with Crippen LogP contribution in [0.1, 0.15) is 45.6 Å². The number of halogens is 3. The van der Waals surface area contributed by atoms with E-state index >= 15 is 0 Å². The highest BCUT2D eigenvalue weighted by molar-refractivity contribution is 9.10. The molecule has 32 nitrogen and oxygen atoms in total. The maximum Gasteiger partial charge on any atom is 0.232 e. The molecule has 11 heterocycles. The average molecular weight is 1510 g/mol. The number of anilines is 12. The van der Waals surface area contributed by atoms with Crippen LogP contribution in [0, 0.1) is 11.6 Å². The van der Waals surface area contributed by atoms with Crippen LogP contribution in [0.25, 0.3) is 0 Å². The van der Waals surface area contributed by atoms with Gasteiger partial charge in [-0.1, -0.05) is 48.5 Å². The number of rotatable bonds is 22. The first-order chi connectivity index (χ1) is 51.9. The largest absolute Gasteiger partial charge is 0.393 e. The molecule has 4 aromatic carbocycles. The fourth-order valence-electron chi connectivity index (χ4n) is 11.8. The van der Waals surface area contributed by atoms with Crippen LogP contribution < -0.4 is 50.7 Å². The van der Waals surface area contributed by atoms with Gasteiger partial charge in [0, 0.05) is 159 Å². The summed E-state index contributed by atoms with van der Waals surface area (Å²) in [6.45, 7) is 11.4. The normalized spacial score (nSPS) is 15.9. The molecule has 7 aromatic heterocycles. The third kappa shape index (κ3) is 20.3. The number of hydrogen-bond donors (Lipinski definition) is 8. The van der Waals surface area contributed by atoms with Gasteiger partial charge in [0.15, 0.2) is 0 Å². The van der Waals surface area contributed by atoms with Crippen LogP contribution in [0.3, 0.4) is 0 Å². The fraction of sp³-hybridized carbons (Fsp3) is 0.324. The van der Waals surface area contributed by atoms with Crippen molar-refractivity contribution in [1.82, 2.24) is 89.9 Å². The summed E-state index contributed by atoms with van der Waals surface area (Å²) in [4.78, 5) is 79.0. The van der Waals surface area contributed by atoms with E-state index < -0.39 is 12.2 Å². The molecule has 0 unspecified atom stereocenters. The summed E-state index contributed by atoms with van der Waals surface area (Å²) in [6.07, 6.45) is 18.6. The molecule has 15 rings (SSSR count). The van der Waals surface area contributed by atoms with E-state index in [0.29, 0.717) is 104 Å². The van der Waals surface area contributed by atoms with Gasteiger partial charge in [0.2, 0.25) is 53.5 Å². The zero-order chi connectivity index (χ0) is 73.0. The minimum Gasteiger partial charge on any atom is -0.393 e. The van der Waals surface area contributed by atoms with Gasteiger partial charge < -0.3 is 75.8 Å². The van der Waals surface area contributed by atoms with Gasteiger partial charge in [-0.05, 0) is 97.8 Å². The van der Waals surface area contributed by atoms with E-state index in [0.717, 1.165) is 122 Å². The van der Waals surface area contributed by atoms with E-state index in [1.165, 1.54) is 43.2 Å². The topological polar surface area (TPSA) is 369 Å². The number of aliphatic hydroxyl groups is 4. The summed E-state index contributed by atoms with van der Waals surface area (Å²) in [5.74, 6) is 4.74. The molecule has 3 atom stereocenters. The SMILES string of the molecule is Brc1cnc(N2CCN(c3ncnc(Nc4cnn(C[C@@H]5CNCCO5)c4)n3)CC2)nc1.OC[C@@H](O)c1ccc(Nc2ncnc(N3CCN(c4ncc(Cc5ccc(F)cc5)cn4)CC3)n2)cc1.OC[C@H](O)c1ccc(Nc2ncnc(N3CCN(c4ncc(Cc5ccc(F)cc5)cn4)CC3)n2)cc1. The number of aliphatic hydroxyl groups excluding tert-OH is 4. The van der Waals surface area contributed by atoms with Crippen LogP contribution in [0.5, 0.6) is 0 Å². The summed E-state index contributed by atoms with van der Waals surface area (Å²) in [7, 11) is 0. The van der Waals surface area contributed by atoms with Crippen molar-refractivity contribution >= 4 is 86.5 Å². The minimum absolute atomic E-state index is 0.127. The second-order valence-electron chi connectivity index (χ2n) is 25.0. The van der Waals surface area contributed by atoms with Crippen LogP contribution in [-0.4, -0.2) is 223 Å². The lowest BCUT2D eigenvalue weighted by Gasteiger charge is -2.34. The average Bonchev–Trinajstić information content (AvgIpc) is 1.21. The molecule has 0 aliphatic carbocycles. The first-order valence-electron chi connectivity index (χ1n) is 34.5. The first-order valence-corrected chi connectivity index (χ1v) is 35.3. The number of aromatic nitrogens is 17. The molecule has 0 amide bonds. The number of nitrogens with one attached hydrogen (secondary N) is 4. The zero-order valence-corrected chi connectivity index (χ0v) is 59.2. The van der Waals surface area contributed by atoms with Crippen LogP contribution in [0.2, 0.25) is 0 Å². The summed E-state index contributed by atoms with van der Waals surface area (Å²) >= 11 is 3.37. The maximum atomic E-state index is 13.1. The summed E-state index contributed by atoms with van der Waals surface area (Å²) in [5, 5.41) is 54.9. The van der Waals surface area contributed by atoms with Gasteiger partial charge in [-0.25, -0.2) is 68.6 Å². The lowest BCUT2D eigenvalue weighted by atomic mass is 10.1. The van der Waals surface area contributed by atoms with Gasteiger partial charge in [-0.2, -0.15) is 20.1 Å². The molecular weight excluding hydrogens is 1430 g/mol. The first kappa shape index (κ1) is 73.0. The zero-order valence-electron chi connectivity index (χ0n) is 57.6. The highest BCUT2D eigenvalue weighted by Gasteiger charge is 2.26. The van der Waals surface area contributed by atoms with Gasteiger partial charge in [-0.15, -0.1) is 0 Å². The molecule has 0 saturated carbocycles. The molecule has 4 aliphatic heterocycles. The van der Waals surface area contributed by atoms with Gasteiger partial charge in [0.05, 0.1) is 48.8 Å². The predicted molar refractivity (Wildman–Crippen MR) is 397 cm³/mol. The molecule has 548 valence electrons. The van der Waals surface area contributed by atoms with Gasteiger partial charge >= 0.3 is 0 Å². The maximum absolute atomic E-state index is 13.1. The standard InChI is InChI=1S/2C26H27FN8O2.C19H24BrN11O/c2*27-21-5-1-18(2-6-21)13-19-14-28-25(29-15-19)34-9-11-35(12-10-34)26-31-17-30-24(33-26)32-22-7-3-20(4-8-22)23(37)16-36;20-14-7-22-18(23-8-14)29-2-4-30(5-3-29)19-25-13-24-17(28-19)27-15-9-26-31(11-15)12-16-10-21-1-6-32-16/h2*1-8,14-15,17,23,36-37H,9-13,16H2,(H,30,31,32,33);7-9,11,13,16,21H,1-6,10,12H2,(H,24,25,27,28)/t2*23-;16-/m100/s1. The highest BCUT2D eigenvalue weighted by atomic mass is 79.9. The van der Waals surface area contributed by atoms with Crippen LogP contribution in [-0.2, 0) is 24.1 Å². The second kappa shape index (κ2) is 35.9. The highest BCUT2D eigenvalue weighted by Crippen LogP contribution is 2.25. The predicted octanol–water partition coefficient (Wildman–Crippen LogP) is 5.65. The Labute approximate surface area is 617 Å². The van der Waals surface area contributed by atoms with Crippen molar-refractivity contribution in [3.63, 3.8) is 0 Å². The third-order valence-electron chi connectivity index (χ3n) is 17.6. The van der Waals surface area contributed by atoms with Crippen LogP contribution in [0.15, 0.2) is 170 Å². The molecule has 35 heteroatoms. The molecule has 4 fully saturated rings. The van der Waals surface area contributed by atoms with E-state index in [9.17, 15) is 19.0 Å². The van der Waals surface area contributed by atoms with Crippen LogP contribution in [0.4, 0.5) is 79.4 Å². The van der Waals surface area contributed by atoms with Gasteiger partial charge in [-0.3, -0.25) is 4.68 Å². The molecule has 0 bridgehead atoms. The van der Waals surface area contributed by atoms with Crippen molar-refractivity contribution in [2.24, 2.45) is 0 Å². The lowest BCUT2D eigenvalue weighted by molar-refractivity contribution is 0.0161. The molecule has 4 saturated heterocycles. The minimum atomic E-state index is -0.902. The van der Waals surface area contributed by atoms with Crippen molar-refractivity contribution in [3.8, 4) is 0 Å². The van der Waals surface area contributed by atoms with Crippen molar-refractivity contribution in [1.29, 1.82) is 0 Å². The Morgan fingerprint density at radius 2 is 0.792 bits per heavy atom. The molecule has 106 heavy (non-hydrogen) atoms. The number of hydrogen-bond acceptors (Lipinski definition) is 31. The fourth-order valence-corrected chi connectivity index (χ4v) is 12.0. The lowest BCUT2D eigenvalue weighted by Crippen LogP contribution is -2.47. The Morgan fingerprint density at radius 1 is 0.434 bits per heavy atom. The van der Waals surface area contributed by atoms with E-state index in [4.69, 9.17) is 14.9 Å². The number of nitrogens with zero attached hydrogens (tertiary/aromatic N) is 23. The molecule has 8 N–H and O–H groups in total. The summed E-state index contributed by atoms with van der Waals surface area (Å²) in [5.41, 5.74) is 7.57. The number of benzene rings is 4.